The average molecular weight is 479 g/mol. The highest BCUT2D eigenvalue weighted by molar-refractivity contribution is 5.81. The van der Waals surface area contributed by atoms with Gasteiger partial charge >= 0.3 is 12.0 Å². The molecule has 1 aromatic carbocycles. The minimum atomic E-state index is -0.527. The van der Waals surface area contributed by atoms with Crippen LogP contribution in [0.5, 0.6) is 5.75 Å². The summed E-state index contributed by atoms with van der Waals surface area (Å²) in [4.78, 5) is 34.4. The van der Waals surface area contributed by atoms with Gasteiger partial charge in [0.25, 0.3) is 0 Å². The molecule has 8 heteroatoms. The third-order valence-corrected chi connectivity index (χ3v) is 7.09. The largest absolute Gasteiger partial charge is 0.493 e. The number of aromatic nitrogens is 1. The van der Waals surface area contributed by atoms with Crippen LogP contribution in [-0.2, 0) is 28.8 Å². The van der Waals surface area contributed by atoms with E-state index in [9.17, 15) is 9.59 Å². The number of nitrogens with zero attached hydrogens (tertiary/aromatic N) is 3. The molecule has 0 unspecified atom stereocenters. The molecule has 0 radical (unpaired) electrons. The van der Waals surface area contributed by atoms with Crippen molar-refractivity contribution in [3.05, 3.63) is 52.7 Å². The van der Waals surface area contributed by atoms with Gasteiger partial charge in [0.1, 0.15) is 11.6 Å². The summed E-state index contributed by atoms with van der Waals surface area (Å²) in [5, 5.41) is 3.38. The number of carbonyl (C=O) groups is 2. The van der Waals surface area contributed by atoms with Crippen molar-refractivity contribution in [1.82, 2.24) is 14.8 Å². The van der Waals surface area contributed by atoms with Gasteiger partial charge < -0.3 is 24.6 Å². The maximum Gasteiger partial charge on any atom is 0.320 e. The first kappa shape index (κ1) is 23.5. The number of pyridine rings is 1. The Bertz CT molecular complexity index is 1090. The fourth-order valence-corrected chi connectivity index (χ4v) is 5.15. The summed E-state index contributed by atoms with van der Waals surface area (Å²) in [6, 6.07) is 10.2. The summed E-state index contributed by atoms with van der Waals surface area (Å²) in [6.45, 7) is 6.02. The number of aryl methyl sites for hydroxylation is 2. The third-order valence-electron chi connectivity index (χ3n) is 7.09. The Morgan fingerprint density at radius 2 is 2.03 bits per heavy atom. The molecule has 3 aliphatic heterocycles. The van der Waals surface area contributed by atoms with Gasteiger partial charge in [0.05, 0.1) is 19.1 Å². The van der Waals surface area contributed by atoms with Crippen LogP contribution in [0.15, 0.2) is 30.3 Å². The molecule has 0 saturated carbocycles. The van der Waals surface area contributed by atoms with Gasteiger partial charge in [0.2, 0.25) is 0 Å². The Labute approximate surface area is 206 Å². The average Bonchev–Trinajstić information content (AvgIpc) is 3.48. The van der Waals surface area contributed by atoms with Gasteiger partial charge in [0, 0.05) is 44.8 Å². The van der Waals surface area contributed by atoms with Crippen LogP contribution in [0.1, 0.15) is 48.1 Å². The molecule has 1 aromatic heterocycles. The van der Waals surface area contributed by atoms with Crippen LogP contribution in [0, 0.1) is 0 Å². The first-order valence-corrected chi connectivity index (χ1v) is 12.8. The summed E-state index contributed by atoms with van der Waals surface area (Å²) in [5.74, 6) is 1.01. The molecule has 8 nitrogen and oxygen atoms in total. The second kappa shape index (κ2) is 10.5. The Hall–Kier alpha value is -3.29. The van der Waals surface area contributed by atoms with Crippen molar-refractivity contribution in [2.75, 3.05) is 51.3 Å². The topological polar surface area (TPSA) is 84.0 Å². The van der Waals surface area contributed by atoms with Gasteiger partial charge in [-0.05, 0) is 61.4 Å². The summed E-state index contributed by atoms with van der Waals surface area (Å²) in [5.41, 5.74) is 4.34. The van der Waals surface area contributed by atoms with Gasteiger partial charge in [-0.15, -0.1) is 0 Å². The molecule has 1 N–H and O–H groups in total. The first-order chi connectivity index (χ1) is 17.1. The first-order valence-electron chi connectivity index (χ1n) is 12.8. The second-order valence-electron chi connectivity index (χ2n) is 9.43. The molecule has 2 aromatic rings. The number of urea groups is 1. The molecular formula is C27H34N4O4. The maximum absolute atomic E-state index is 13.1. The van der Waals surface area contributed by atoms with Crippen LogP contribution in [0.3, 0.4) is 0 Å². The van der Waals surface area contributed by atoms with Crippen LogP contribution in [-0.4, -0.2) is 72.7 Å². The second-order valence-corrected chi connectivity index (χ2v) is 9.43. The molecule has 1 saturated heterocycles. The van der Waals surface area contributed by atoms with Crippen molar-refractivity contribution in [2.24, 2.45) is 0 Å². The minimum absolute atomic E-state index is 0.0169. The summed E-state index contributed by atoms with van der Waals surface area (Å²) < 4.78 is 11.1. The predicted molar refractivity (Wildman–Crippen MR) is 133 cm³/mol. The Balaban J connectivity index is 1.18. The van der Waals surface area contributed by atoms with E-state index >= 15 is 0 Å². The highest BCUT2D eigenvalue weighted by Gasteiger charge is 2.34. The smallest absolute Gasteiger partial charge is 0.320 e. The normalized spacial score (nSPS) is 17.5. The standard InChI is InChI=1S/C27H34N4O4/c1-2-34-26(32)23(21-8-7-19-11-16-35-24(19)17-21)18-31-15-14-30(27(31)33)13-4-6-22-10-9-20-5-3-12-28-25(20)29-22/h7-10,17,23H,2-6,11-16,18H2,1H3,(H,28,29)/t23-/m1/s1. The highest BCUT2D eigenvalue weighted by atomic mass is 16.5. The van der Waals surface area contributed by atoms with Crippen LogP contribution in [0.4, 0.5) is 10.6 Å². The van der Waals surface area contributed by atoms with E-state index in [1.807, 2.05) is 23.1 Å². The molecule has 3 aliphatic rings. The van der Waals surface area contributed by atoms with Crippen LogP contribution < -0.4 is 10.1 Å². The number of ether oxygens (including phenoxy) is 2. The molecule has 0 bridgehead atoms. The zero-order valence-electron chi connectivity index (χ0n) is 20.4. The number of amides is 2. The van der Waals surface area contributed by atoms with Crippen molar-refractivity contribution in [3.63, 3.8) is 0 Å². The number of hydrogen-bond donors (Lipinski definition) is 1. The summed E-state index contributed by atoms with van der Waals surface area (Å²) in [6.07, 6.45) is 4.81. The van der Waals surface area contributed by atoms with Crippen molar-refractivity contribution < 1.29 is 19.1 Å². The number of carbonyl (C=O) groups excluding carboxylic acids is 2. The van der Waals surface area contributed by atoms with Crippen LogP contribution in [0.2, 0.25) is 0 Å². The SMILES string of the molecule is CCOC(=O)[C@H](CN1CCN(CCCc2ccc3c(n2)NCCC3)C1=O)c1ccc2c(c1)OCC2. The number of rotatable bonds is 9. The zero-order chi connectivity index (χ0) is 24.2. The zero-order valence-corrected chi connectivity index (χ0v) is 20.4. The minimum Gasteiger partial charge on any atom is -0.493 e. The lowest BCUT2D eigenvalue weighted by Crippen LogP contribution is -2.37. The van der Waals surface area contributed by atoms with E-state index < -0.39 is 5.92 Å². The number of benzene rings is 1. The molecule has 1 fully saturated rings. The van der Waals surface area contributed by atoms with Crippen molar-refractivity contribution in [1.29, 1.82) is 0 Å². The van der Waals surface area contributed by atoms with E-state index in [0.717, 1.165) is 67.0 Å². The molecule has 186 valence electrons. The lowest BCUT2D eigenvalue weighted by Gasteiger charge is -2.24. The summed E-state index contributed by atoms with van der Waals surface area (Å²) >= 11 is 0. The van der Waals surface area contributed by atoms with Crippen molar-refractivity contribution in [3.8, 4) is 5.75 Å². The van der Waals surface area contributed by atoms with Crippen molar-refractivity contribution in [2.45, 2.75) is 44.9 Å². The van der Waals surface area contributed by atoms with E-state index in [4.69, 9.17) is 14.5 Å². The fraction of sp³-hybridized carbons (Fsp3) is 0.519. The molecule has 35 heavy (non-hydrogen) atoms. The highest BCUT2D eigenvalue weighted by Crippen LogP contribution is 2.31. The molecule has 1 atom stereocenters. The van der Waals surface area contributed by atoms with Gasteiger partial charge in [-0.1, -0.05) is 18.2 Å². The Kier molecular flexibility index (Phi) is 7.06. The number of hydrogen-bond acceptors (Lipinski definition) is 6. The van der Waals surface area contributed by atoms with E-state index in [0.29, 0.717) is 39.4 Å². The van der Waals surface area contributed by atoms with E-state index in [-0.39, 0.29) is 12.0 Å². The van der Waals surface area contributed by atoms with E-state index in [1.54, 1.807) is 11.8 Å². The van der Waals surface area contributed by atoms with Crippen LogP contribution >= 0.6 is 0 Å². The van der Waals surface area contributed by atoms with Gasteiger partial charge in [-0.2, -0.15) is 0 Å². The predicted octanol–water partition coefficient (Wildman–Crippen LogP) is 3.39. The number of nitrogens with one attached hydrogen (secondary N) is 1. The third kappa shape index (κ3) is 5.21. The van der Waals surface area contributed by atoms with E-state index in [2.05, 4.69) is 17.4 Å². The number of anilines is 1. The monoisotopic (exact) mass is 478 g/mol. The fourth-order valence-electron chi connectivity index (χ4n) is 5.15. The van der Waals surface area contributed by atoms with Gasteiger partial charge in [-0.3, -0.25) is 4.79 Å². The lowest BCUT2D eigenvalue weighted by atomic mass is 9.96. The van der Waals surface area contributed by atoms with Gasteiger partial charge in [-0.25, -0.2) is 9.78 Å². The molecule has 0 aliphatic carbocycles. The molecular weight excluding hydrogens is 444 g/mol. The molecule has 4 heterocycles. The Morgan fingerprint density at radius 1 is 1.17 bits per heavy atom. The van der Waals surface area contributed by atoms with Crippen molar-refractivity contribution >= 4 is 17.8 Å². The lowest BCUT2D eigenvalue weighted by molar-refractivity contribution is -0.145. The molecule has 0 spiro atoms. The number of fused-ring (bicyclic) bond motifs is 2. The maximum atomic E-state index is 13.1. The Morgan fingerprint density at radius 3 is 2.91 bits per heavy atom. The quantitative estimate of drug-likeness (QED) is 0.557. The molecule has 2 amide bonds. The van der Waals surface area contributed by atoms with Gasteiger partial charge in [0.15, 0.2) is 0 Å². The molecule has 5 rings (SSSR count). The van der Waals surface area contributed by atoms with Crippen LogP contribution in [0.25, 0.3) is 0 Å². The summed E-state index contributed by atoms with van der Waals surface area (Å²) in [7, 11) is 0. The van der Waals surface area contributed by atoms with E-state index in [1.165, 1.54) is 5.56 Å². The number of esters is 1.